The van der Waals surface area contributed by atoms with Gasteiger partial charge in [0.1, 0.15) is 5.75 Å². The topological polar surface area (TPSA) is 55.4 Å². The second-order valence-electron chi connectivity index (χ2n) is 7.37. The van der Waals surface area contributed by atoms with E-state index < -0.39 is 0 Å². The van der Waals surface area contributed by atoms with Gasteiger partial charge < -0.3 is 10.1 Å². The highest BCUT2D eigenvalue weighted by Crippen LogP contribution is 2.32. The Morgan fingerprint density at radius 2 is 1.67 bits per heavy atom. The molecule has 154 valence electrons. The lowest BCUT2D eigenvalue weighted by Crippen LogP contribution is -2.22. The molecule has 0 aliphatic rings. The molecule has 0 unspecified atom stereocenters. The van der Waals surface area contributed by atoms with Gasteiger partial charge in [-0.15, -0.1) is 0 Å². The molecular weight excluding hydrogens is 398 g/mol. The van der Waals surface area contributed by atoms with Crippen LogP contribution in [0.15, 0.2) is 66.7 Å². The third-order valence-electron chi connectivity index (χ3n) is 4.75. The Labute approximate surface area is 181 Å². The number of anilines is 1. The van der Waals surface area contributed by atoms with E-state index in [4.69, 9.17) is 16.3 Å². The van der Waals surface area contributed by atoms with Gasteiger partial charge >= 0.3 is 0 Å². The van der Waals surface area contributed by atoms with E-state index in [-0.39, 0.29) is 24.2 Å². The van der Waals surface area contributed by atoms with Crippen molar-refractivity contribution in [2.75, 3.05) is 11.9 Å². The van der Waals surface area contributed by atoms with Crippen LogP contribution >= 0.6 is 11.6 Å². The van der Waals surface area contributed by atoms with Gasteiger partial charge in [0.25, 0.3) is 5.91 Å². The zero-order chi connectivity index (χ0) is 21.7. The van der Waals surface area contributed by atoms with Crippen LogP contribution in [-0.4, -0.2) is 18.3 Å². The van der Waals surface area contributed by atoms with Crippen molar-refractivity contribution in [3.8, 4) is 5.75 Å². The van der Waals surface area contributed by atoms with Crippen LogP contribution in [0.5, 0.6) is 5.75 Å². The number of ether oxygens (including phenoxy) is 1. The first-order chi connectivity index (χ1) is 14.4. The van der Waals surface area contributed by atoms with Crippen molar-refractivity contribution < 1.29 is 14.3 Å². The Hall–Kier alpha value is -3.11. The third-order valence-corrected chi connectivity index (χ3v) is 5.16. The highest BCUT2D eigenvalue weighted by atomic mass is 35.5. The zero-order valence-electron chi connectivity index (χ0n) is 17.2. The third kappa shape index (κ3) is 5.08. The summed E-state index contributed by atoms with van der Waals surface area (Å²) in [6, 6.07) is 19.6. The molecule has 0 atom stereocenters. The predicted molar refractivity (Wildman–Crippen MR) is 121 cm³/mol. The van der Waals surface area contributed by atoms with Gasteiger partial charge in [0, 0.05) is 16.1 Å². The minimum Gasteiger partial charge on any atom is -0.483 e. The van der Waals surface area contributed by atoms with Gasteiger partial charge in [0.15, 0.2) is 12.4 Å². The highest BCUT2D eigenvalue weighted by molar-refractivity contribution is 6.31. The van der Waals surface area contributed by atoms with Crippen LogP contribution in [0, 0.1) is 6.92 Å². The summed E-state index contributed by atoms with van der Waals surface area (Å²) in [5.74, 6) is 0.342. The number of halogens is 1. The lowest BCUT2D eigenvalue weighted by molar-refractivity contribution is -0.118. The van der Waals surface area contributed by atoms with E-state index in [1.165, 1.54) is 0 Å². The normalized spacial score (nSPS) is 10.7. The standard InChI is InChI=1S/C25H24ClNO3/c1-16(2)20-14-21(26)17(3)13-23(20)30-15-24(28)27-22-12-8-7-11-19(22)25(29)18-9-5-4-6-10-18/h4-14,16H,15H2,1-3H3,(H,27,28). The average Bonchev–Trinajstić information content (AvgIpc) is 2.74. The van der Waals surface area contributed by atoms with Crippen molar-refractivity contribution in [2.45, 2.75) is 26.7 Å². The second kappa shape index (κ2) is 9.59. The molecule has 0 aromatic heterocycles. The maximum atomic E-state index is 12.8. The molecule has 3 rings (SSSR count). The number of hydrogen-bond donors (Lipinski definition) is 1. The maximum Gasteiger partial charge on any atom is 0.262 e. The predicted octanol–water partition coefficient (Wildman–Crippen LogP) is 6.02. The molecule has 3 aromatic carbocycles. The Bertz CT molecular complexity index is 1060. The van der Waals surface area contributed by atoms with Crippen LogP contribution in [0.2, 0.25) is 5.02 Å². The molecule has 1 amide bonds. The highest BCUT2D eigenvalue weighted by Gasteiger charge is 2.16. The fourth-order valence-corrected chi connectivity index (χ4v) is 3.28. The van der Waals surface area contributed by atoms with Crippen molar-refractivity contribution in [3.05, 3.63) is 94.0 Å². The summed E-state index contributed by atoms with van der Waals surface area (Å²) in [7, 11) is 0. The lowest BCUT2D eigenvalue weighted by Gasteiger charge is -2.16. The van der Waals surface area contributed by atoms with E-state index >= 15 is 0 Å². The lowest BCUT2D eigenvalue weighted by atomic mass is 10.0. The summed E-state index contributed by atoms with van der Waals surface area (Å²) < 4.78 is 5.80. The summed E-state index contributed by atoms with van der Waals surface area (Å²) in [5.41, 5.74) is 3.28. The number of nitrogens with one attached hydrogen (secondary N) is 1. The van der Waals surface area contributed by atoms with Crippen LogP contribution in [0.1, 0.15) is 46.8 Å². The molecule has 1 N–H and O–H groups in total. The molecule has 0 fully saturated rings. The minimum atomic E-state index is -0.342. The summed E-state index contributed by atoms with van der Waals surface area (Å²) in [4.78, 5) is 25.4. The number of carbonyl (C=O) groups is 2. The fraction of sp³-hybridized carbons (Fsp3) is 0.200. The Morgan fingerprint density at radius 1 is 1.00 bits per heavy atom. The number of aryl methyl sites for hydroxylation is 1. The molecule has 0 radical (unpaired) electrons. The van der Waals surface area contributed by atoms with Crippen molar-refractivity contribution in [1.82, 2.24) is 0 Å². The fourth-order valence-electron chi connectivity index (χ4n) is 3.11. The monoisotopic (exact) mass is 421 g/mol. The Morgan fingerprint density at radius 3 is 2.37 bits per heavy atom. The van der Waals surface area contributed by atoms with Crippen LogP contribution in [-0.2, 0) is 4.79 Å². The first kappa shape index (κ1) is 21.6. The number of ketones is 1. The van der Waals surface area contributed by atoms with Crippen molar-refractivity contribution >= 4 is 29.0 Å². The first-order valence-electron chi connectivity index (χ1n) is 9.78. The van der Waals surface area contributed by atoms with Gasteiger partial charge in [0.2, 0.25) is 0 Å². The van der Waals surface area contributed by atoms with E-state index in [1.807, 2.05) is 51.1 Å². The van der Waals surface area contributed by atoms with Crippen molar-refractivity contribution in [1.29, 1.82) is 0 Å². The molecule has 3 aromatic rings. The number of benzene rings is 3. The largest absolute Gasteiger partial charge is 0.483 e. The van der Waals surface area contributed by atoms with E-state index in [1.54, 1.807) is 36.4 Å². The van der Waals surface area contributed by atoms with Gasteiger partial charge in [-0.05, 0) is 48.2 Å². The van der Waals surface area contributed by atoms with Crippen molar-refractivity contribution in [3.63, 3.8) is 0 Å². The molecular formula is C25H24ClNO3. The molecule has 0 aliphatic heterocycles. The number of rotatable bonds is 7. The first-order valence-corrected chi connectivity index (χ1v) is 10.2. The summed E-state index contributed by atoms with van der Waals surface area (Å²) in [6.07, 6.45) is 0. The van der Waals surface area contributed by atoms with Gasteiger partial charge in [-0.3, -0.25) is 9.59 Å². The zero-order valence-corrected chi connectivity index (χ0v) is 18.0. The van der Waals surface area contributed by atoms with Crippen molar-refractivity contribution in [2.24, 2.45) is 0 Å². The van der Waals surface area contributed by atoms with E-state index in [0.29, 0.717) is 27.6 Å². The number of amides is 1. The molecule has 0 saturated heterocycles. The van der Waals surface area contributed by atoms with Gasteiger partial charge in [-0.1, -0.05) is 67.9 Å². The smallest absolute Gasteiger partial charge is 0.262 e. The Kier molecular flexibility index (Phi) is 6.91. The van der Waals surface area contributed by atoms with E-state index in [9.17, 15) is 9.59 Å². The summed E-state index contributed by atoms with van der Waals surface area (Å²) >= 11 is 6.23. The molecule has 0 aliphatic carbocycles. The number of hydrogen-bond acceptors (Lipinski definition) is 3. The Balaban J connectivity index is 1.74. The molecule has 0 bridgehead atoms. The quantitative estimate of drug-likeness (QED) is 0.474. The summed E-state index contributed by atoms with van der Waals surface area (Å²) in [5, 5.41) is 3.47. The van der Waals surface area contributed by atoms with Crippen LogP contribution in [0.4, 0.5) is 5.69 Å². The second-order valence-corrected chi connectivity index (χ2v) is 7.78. The number of carbonyl (C=O) groups excluding carboxylic acids is 2. The van der Waals surface area contributed by atoms with E-state index in [0.717, 1.165) is 11.1 Å². The number of para-hydroxylation sites is 1. The summed E-state index contributed by atoms with van der Waals surface area (Å²) in [6.45, 7) is 5.80. The van der Waals surface area contributed by atoms with E-state index in [2.05, 4.69) is 5.32 Å². The minimum absolute atomic E-state index is 0.150. The van der Waals surface area contributed by atoms with Crippen LogP contribution in [0.3, 0.4) is 0 Å². The average molecular weight is 422 g/mol. The van der Waals surface area contributed by atoms with Crippen LogP contribution in [0.25, 0.3) is 0 Å². The van der Waals surface area contributed by atoms with Gasteiger partial charge in [-0.2, -0.15) is 0 Å². The molecule has 0 saturated carbocycles. The molecule has 0 spiro atoms. The molecule has 4 nitrogen and oxygen atoms in total. The molecule has 30 heavy (non-hydrogen) atoms. The maximum absolute atomic E-state index is 12.8. The molecule has 5 heteroatoms. The SMILES string of the molecule is Cc1cc(OCC(=O)Nc2ccccc2C(=O)c2ccccc2)c(C(C)C)cc1Cl. The van der Waals surface area contributed by atoms with Gasteiger partial charge in [0.05, 0.1) is 5.69 Å². The van der Waals surface area contributed by atoms with Crippen LogP contribution < -0.4 is 10.1 Å². The van der Waals surface area contributed by atoms with Gasteiger partial charge in [-0.25, -0.2) is 0 Å². The molecule has 0 heterocycles.